The van der Waals surface area contributed by atoms with Gasteiger partial charge in [0.2, 0.25) is 0 Å². The fourth-order valence-corrected chi connectivity index (χ4v) is 4.63. The number of likely N-dealkylation sites (tertiary alicyclic amines) is 1. The summed E-state index contributed by atoms with van der Waals surface area (Å²) in [6, 6.07) is 0.829. The van der Waals surface area contributed by atoms with Gasteiger partial charge in [0.1, 0.15) is 5.01 Å². The molecule has 4 heteroatoms. The molecular formula is C14H21ClN2S. The summed E-state index contributed by atoms with van der Waals surface area (Å²) >= 11 is 7.59. The second-order valence-corrected chi connectivity index (χ2v) is 6.80. The van der Waals surface area contributed by atoms with Gasteiger partial charge in [0.15, 0.2) is 0 Å². The normalized spacial score (nSPS) is 26.2. The first-order valence-electron chi connectivity index (χ1n) is 7.10. The van der Waals surface area contributed by atoms with Crippen LogP contribution < -0.4 is 0 Å². The number of thiazole rings is 1. The Morgan fingerprint density at radius 3 is 2.83 bits per heavy atom. The van der Waals surface area contributed by atoms with Crippen LogP contribution in [-0.2, 0) is 12.4 Å². The van der Waals surface area contributed by atoms with Gasteiger partial charge in [-0.3, -0.25) is 4.90 Å². The second kappa shape index (κ2) is 5.89. The predicted octanol–water partition coefficient (Wildman–Crippen LogP) is 4.04. The van der Waals surface area contributed by atoms with Crippen LogP contribution in [0, 0.1) is 5.92 Å². The molecule has 1 aliphatic heterocycles. The lowest BCUT2D eigenvalue weighted by Crippen LogP contribution is -2.34. The van der Waals surface area contributed by atoms with E-state index in [4.69, 9.17) is 11.6 Å². The van der Waals surface area contributed by atoms with E-state index in [-0.39, 0.29) is 0 Å². The van der Waals surface area contributed by atoms with Gasteiger partial charge in [-0.2, -0.15) is 0 Å². The lowest BCUT2D eigenvalue weighted by Gasteiger charge is -2.28. The zero-order valence-corrected chi connectivity index (χ0v) is 12.3. The Bertz CT molecular complexity index is 387. The molecule has 100 valence electrons. The van der Waals surface area contributed by atoms with Crippen LogP contribution in [0.4, 0.5) is 0 Å². The average molecular weight is 285 g/mol. The molecule has 2 aliphatic rings. The standard InChI is InChI=1S/C14H21ClN2S/c15-8-12-10-18-14(16-12)9-17-7-3-6-13(17)11-4-1-2-5-11/h10-11,13H,1-9H2. The molecule has 1 aromatic rings. The summed E-state index contributed by atoms with van der Waals surface area (Å²) in [6.45, 7) is 2.31. The van der Waals surface area contributed by atoms with Crippen molar-refractivity contribution in [2.75, 3.05) is 6.54 Å². The van der Waals surface area contributed by atoms with E-state index in [0.717, 1.165) is 24.2 Å². The highest BCUT2D eigenvalue weighted by atomic mass is 35.5. The predicted molar refractivity (Wildman–Crippen MR) is 77.1 cm³/mol. The van der Waals surface area contributed by atoms with Gasteiger partial charge < -0.3 is 0 Å². The molecule has 1 saturated carbocycles. The summed E-state index contributed by atoms with van der Waals surface area (Å²) in [5.41, 5.74) is 1.04. The van der Waals surface area contributed by atoms with Crippen molar-refractivity contribution in [2.45, 2.75) is 57.0 Å². The number of nitrogens with zero attached hydrogens (tertiary/aromatic N) is 2. The summed E-state index contributed by atoms with van der Waals surface area (Å²) in [4.78, 5) is 7.27. The van der Waals surface area contributed by atoms with E-state index < -0.39 is 0 Å². The lowest BCUT2D eigenvalue weighted by molar-refractivity contribution is 0.183. The molecule has 0 spiro atoms. The highest BCUT2D eigenvalue weighted by Crippen LogP contribution is 2.36. The van der Waals surface area contributed by atoms with Crippen molar-refractivity contribution in [1.82, 2.24) is 9.88 Å². The van der Waals surface area contributed by atoms with Crippen molar-refractivity contribution in [3.63, 3.8) is 0 Å². The molecule has 0 bridgehead atoms. The van der Waals surface area contributed by atoms with Crippen molar-refractivity contribution >= 4 is 22.9 Å². The number of hydrogen-bond acceptors (Lipinski definition) is 3. The molecule has 1 saturated heterocycles. The molecule has 1 aliphatic carbocycles. The van der Waals surface area contributed by atoms with E-state index in [2.05, 4.69) is 15.3 Å². The highest BCUT2D eigenvalue weighted by Gasteiger charge is 2.33. The Morgan fingerprint density at radius 2 is 2.11 bits per heavy atom. The van der Waals surface area contributed by atoms with Gasteiger partial charge in [-0.15, -0.1) is 22.9 Å². The van der Waals surface area contributed by atoms with Crippen molar-refractivity contribution in [3.05, 3.63) is 16.1 Å². The van der Waals surface area contributed by atoms with Crippen LogP contribution in [0.1, 0.15) is 49.2 Å². The van der Waals surface area contributed by atoms with Crippen LogP contribution in [0.2, 0.25) is 0 Å². The Balaban J connectivity index is 1.63. The van der Waals surface area contributed by atoms with E-state index in [1.165, 1.54) is 50.1 Å². The zero-order chi connectivity index (χ0) is 12.4. The minimum Gasteiger partial charge on any atom is -0.293 e. The molecule has 1 aromatic heterocycles. The summed E-state index contributed by atoms with van der Waals surface area (Å²) in [5, 5.41) is 3.35. The fraction of sp³-hybridized carbons (Fsp3) is 0.786. The number of halogens is 1. The SMILES string of the molecule is ClCc1csc(CN2CCCC2C2CCCC2)n1. The minimum atomic E-state index is 0.544. The fourth-order valence-electron chi connectivity index (χ4n) is 3.58. The first-order valence-corrected chi connectivity index (χ1v) is 8.51. The Morgan fingerprint density at radius 1 is 1.28 bits per heavy atom. The number of aromatic nitrogens is 1. The quantitative estimate of drug-likeness (QED) is 0.776. The molecule has 2 nitrogen and oxygen atoms in total. The van der Waals surface area contributed by atoms with Gasteiger partial charge in [0.25, 0.3) is 0 Å². The molecule has 0 radical (unpaired) electrons. The van der Waals surface area contributed by atoms with Gasteiger partial charge in [-0.1, -0.05) is 12.8 Å². The van der Waals surface area contributed by atoms with E-state index in [1.54, 1.807) is 11.3 Å². The average Bonchev–Trinajstić information content (AvgIpc) is 3.09. The maximum atomic E-state index is 5.82. The van der Waals surface area contributed by atoms with Crippen LogP contribution in [0.3, 0.4) is 0 Å². The molecule has 2 fully saturated rings. The van der Waals surface area contributed by atoms with Crippen molar-refractivity contribution in [2.24, 2.45) is 5.92 Å². The number of hydrogen-bond donors (Lipinski definition) is 0. The van der Waals surface area contributed by atoms with Gasteiger partial charge in [-0.05, 0) is 38.1 Å². The summed E-state index contributed by atoms with van der Waals surface area (Å²) in [6.07, 6.45) is 8.57. The summed E-state index contributed by atoms with van der Waals surface area (Å²) in [7, 11) is 0. The van der Waals surface area contributed by atoms with E-state index in [1.807, 2.05) is 0 Å². The summed E-state index contributed by atoms with van der Waals surface area (Å²) in [5.74, 6) is 1.50. The lowest BCUT2D eigenvalue weighted by atomic mass is 9.96. The molecule has 1 unspecified atom stereocenters. The monoisotopic (exact) mass is 284 g/mol. The van der Waals surface area contributed by atoms with Gasteiger partial charge >= 0.3 is 0 Å². The van der Waals surface area contributed by atoms with Crippen LogP contribution in [0.5, 0.6) is 0 Å². The van der Waals surface area contributed by atoms with Crippen LogP contribution in [0.25, 0.3) is 0 Å². The van der Waals surface area contributed by atoms with Crippen molar-refractivity contribution in [1.29, 1.82) is 0 Å². The molecule has 2 heterocycles. The van der Waals surface area contributed by atoms with Crippen LogP contribution in [0.15, 0.2) is 5.38 Å². The van der Waals surface area contributed by atoms with Crippen molar-refractivity contribution in [3.8, 4) is 0 Å². The van der Waals surface area contributed by atoms with E-state index in [9.17, 15) is 0 Å². The maximum absolute atomic E-state index is 5.82. The minimum absolute atomic E-state index is 0.544. The third-order valence-corrected chi connectivity index (χ3v) is 5.59. The molecule has 0 aromatic carbocycles. The molecule has 3 rings (SSSR count). The Labute approximate surface area is 118 Å². The molecule has 1 atom stereocenters. The summed E-state index contributed by atoms with van der Waals surface area (Å²) < 4.78 is 0. The largest absolute Gasteiger partial charge is 0.293 e. The van der Waals surface area contributed by atoms with Gasteiger partial charge in [0.05, 0.1) is 18.1 Å². The zero-order valence-electron chi connectivity index (χ0n) is 10.8. The van der Waals surface area contributed by atoms with Crippen LogP contribution in [-0.4, -0.2) is 22.5 Å². The van der Waals surface area contributed by atoms with E-state index >= 15 is 0 Å². The van der Waals surface area contributed by atoms with Gasteiger partial charge in [-0.25, -0.2) is 4.98 Å². The second-order valence-electron chi connectivity index (χ2n) is 5.59. The van der Waals surface area contributed by atoms with Crippen LogP contribution >= 0.6 is 22.9 Å². The molecular weight excluding hydrogens is 264 g/mol. The Kier molecular flexibility index (Phi) is 4.22. The highest BCUT2D eigenvalue weighted by molar-refractivity contribution is 7.09. The number of alkyl halides is 1. The molecule has 0 amide bonds. The van der Waals surface area contributed by atoms with E-state index in [0.29, 0.717) is 5.88 Å². The third-order valence-electron chi connectivity index (χ3n) is 4.43. The first-order chi connectivity index (χ1) is 8.86. The smallest absolute Gasteiger partial charge is 0.107 e. The van der Waals surface area contributed by atoms with Crippen molar-refractivity contribution < 1.29 is 0 Å². The maximum Gasteiger partial charge on any atom is 0.107 e. The third kappa shape index (κ3) is 2.73. The molecule has 0 N–H and O–H groups in total. The Hall–Kier alpha value is -0.120. The first kappa shape index (κ1) is 12.9. The van der Waals surface area contributed by atoms with Gasteiger partial charge in [0, 0.05) is 11.4 Å². The topological polar surface area (TPSA) is 16.1 Å². The number of rotatable bonds is 4. The molecule has 18 heavy (non-hydrogen) atoms.